The van der Waals surface area contributed by atoms with Gasteiger partial charge in [-0.15, -0.1) is 0 Å². The summed E-state index contributed by atoms with van der Waals surface area (Å²) in [5.41, 5.74) is -0.463. The second-order valence-electron chi connectivity index (χ2n) is 6.23. The number of carbonyl (C=O) groups is 1. The highest BCUT2D eigenvalue weighted by Gasteiger charge is 2.46. The fraction of sp³-hybridized carbons (Fsp3) is 0.533. The van der Waals surface area contributed by atoms with Gasteiger partial charge in [0.2, 0.25) is 10.0 Å². The zero-order valence-corrected chi connectivity index (χ0v) is 14.7. The maximum atomic E-state index is 13.1. The summed E-state index contributed by atoms with van der Waals surface area (Å²) in [6.07, 6.45) is 1.71. The molecule has 24 heavy (non-hydrogen) atoms. The van der Waals surface area contributed by atoms with Gasteiger partial charge in [-0.25, -0.2) is 12.8 Å². The van der Waals surface area contributed by atoms with E-state index in [-0.39, 0.29) is 29.6 Å². The van der Waals surface area contributed by atoms with E-state index in [4.69, 9.17) is 16.3 Å². The molecule has 0 aliphatic carbocycles. The van der Waals surface area contributed by atoms with Crippen LogP contribution in [0.2, 0.25) is 5.02 Å². The highest BCUT2D eigenvalue weighted by atomic mass is 35.5. The zero-order valence-electron chi connectivity index (χ0n) is 13.2. The van der Waals surface area contributed by atoms with Crippen LogP contribution < -0.4 is 0 Å². The van der Waals surface area contributed by atoms with E-state index in [2.05, 4.69) is 0 Å². The lowest BCUT2D eigenvalue weighted by molar-refractivity contribution is -0.0795. The number of halogens is 2. The number of ether oxygens (including phenoxy) is 1. The highest BCUT2D eigenvalue weighted by Crippen LogP contribution is 2.32. The van der Waals surface area contributed by atoms with Gasteiger partial charge < -0.3 is 9.64 Å². The zero-order chi connectivity index (χ0) is 17.5. The van der Waals surface area contributed by atoms with Crippen LogP contribution in [-0.4, -0.2) is 68.2 Å². The smallest absolute Gasteiger partial charge is 0.255 e. The molecule has 132 valence electrons. The van der Waals surface area contributed by atoms with Crippen molar-refractivity contribution in [1.82, 2.24) is 9.21 Å². The first-order chi connectivity index (χ1) is 11.2. The van der Waals surface area contributed by atoms with Crippen molar-refractivity contribution < 1.29 is 22.3 Å². The van der Waals surface area contributed by atoms with Crippen LogP contribution in [0.5, 0.6) is 0 Å². The Morgan fingerprint density at radius 2 is 2.08 bits per heavy atom. The molecule has 1 amide bonds. The van der Waals surface area contributed by atoms with Gasteiger partial charge in [0.05, 0.1) is 30.0 Å². The van der Waals surface area contributed by atoms with Gasteiger partial charge >= 0.3 is 0 Å². The number of likely N-dealkylation sites (tertiary alicyclic amines) is 1. The largest absolute Gasteiger partial charge is 0.370 e. The summed E-state index contributed by atoms with van der Waals surface area (Å²) in [5, 5.41) is 0.0586. The summed E-state index contributed by atoms with van der Waals surface area (Å²) >= 11 is 5.96. The lowest BCUT2D eigenvalue weighted by Gasteiger charge is -2.39. The number of sulfonamides is 1. The Morgan fingerprint density at radius 1 is 1.33 bits per heavy atom. The quantitative estimate of drug-likeness (QED) is 0.781. The van der Waals surface area contributed by atoms with Crippen molar-refractivity contribution in [1.29, 1.82) is 0 Å². The molecule has 0 saturated carbocycles. The van der Waals surface area contributed by atoms with Crippen molar-refractivity contribution >= 4 is 27.5 Å². The molecule has 2 fully saturated rings. The molecular weight excluding hydrogens is 359 g/mol. The van der Waals surface area contributed by atoms with Gasteiger partial charge in [0.1, 0.15) is 11.4 Å². The molecular formula is C15H18ClFN2O4S. The van der Waals surface area contributed by atoms with Gasteiger partial charge in [-0.05, 0) is 24.6 Å². The van der Waals surface area contributed by atoms with E-state index in [0.717, 1.165) is 6.07 Å². The van der Waals surface area contributed by atoms with Gasteiger partial charge in [-0.2, -0.15) is 4.31 Å². The molecule has 6 nitrogen and oxygen atoms in total. The maximum absolute atomic E-state index is 13.1. The van der Waals surface area contributed by atoms with Crippen LogP contribution in [0.4, 0.5) is 4.39 Å². The molecule has 2 heterocycles. The Balaban J connectivity index is 1.76. The summed E-state index contributed by atoms with van der Waals surface area (Å²) in [5.74, 6) is -0.814. The fourth-order valence-corrected chi connectivity index (χ4v) is 4.32. The van der Waals surface area contributed by atoms with Crippen LogP contribution >= 0.6 is 11.6 Å². The number of benzene rings is 1. The molecule has 1 aromatic rings. The molecule has 1 aromatic carbocycles. The molecule has 1 spiro atoms. The molecule has 0 N–H and O–H groups in total. The topological polar surface area (TPSA) is 66.9 Å². The van der Waals surface area contributed by atoms with Gasteiger partial charge in [0, 0.05) is 19.6 Å². The number of hydrogen-bond acceptors (Lipinski definition) is 4. The standard InChI is InChI=1S/C15H18ClFN2O4S/c1-24(21,22)19-6-7-23-15(10-19)4-5-18(9-15)14(20)12-3-2-11(17)8-13(12)16/h2-3,8H,4-7,9-10H2,1H3. The van der Waals surface area contributed by atoms with Crippen LogP contribution in [0.25, 0.3) is 0 Å². The lowest BCUT2D eigenvalue weighted by Crippen LogP contribution is -2.54. The van der Waals surface area contributed by atoms with Crippen LogP contribution in [0.15, 0.2) is 18.2 Å². The Hall–Kier alpha value is -1.22. The van der Waals surface area contributed by atoms with E-state index in [0.29, 0.717) is 26.1 Å². The minimum atomic E-state index is -3.30. The average Bonchev–Trinajstić information content (AvgIpc) is 2.89. The second kappa shape index (κ2) is 6.25. The third-order valence-electron chi connectivity index (χ3n) is 4.45. The number of nitrogens with zero attached hydrogens (tertiary/aromatic N) is 2. The van der Waals surface area contributed by atoms with E-state index in [1.54, 1.807) is 4.90 Å². The summed E-state index contributed by atoms with van der Waals surface area (Å²) in [6.45, 7) is 1.56. The molecule has 0 aromatic heterocycles. The minimum Gasteiger partial charge on any atom is -0.370 e. The van der Waals surface area contributed by atoms with Crippen LogP contribution in [-0.2, 0) is 14.8 Å². The van der Waals surface area contributed by atoms with Crippen molar-refractivity contribution in [3.05, 3.63) is 34.6 Å². The first-order valence-electron chi connectivity index (χ1n) is 7.54. The molecule has 3 rings (SSSR count). The Morgan fingerprint density at radius 3 is 2.75 bits per heavy atom. The number of rotatable bonds is 2. The van der Waals surface area contributed by atoms with E-state index in [1.165, 1.54) is 22.7 Å². The van der Waals surface area contributed by atoms with Gasteiger partial charge in [0.15, 0.2) is 0 Å². The normalized spacial score (nSPS) is 25.4. The molecule has 1 atom stereocenters. The molecule has 0 bridgehead atoms. The van der Waals surface area contributed by atoms with Crippen molar-refractivity contribution in [3.63, 3.8) is 0 Å². The van der Waals surface area contributed by atoms with Crippen molar-refractivity contribution in [3.8, 4) is 0 Å². The first-order valence-corrected chi connectivity index (χ1v) is 9.76. The second-order valence-corrected chi connectivity index (χ2v) is 8.62. The number of morpholine rings is 1. The van der Waals surface area contributed by atoms with E-state index < -0.39 is 21.4 Å². The van der Waals surface area contributed by atoms with E-state index in [9.17, 15) is 17.6 Å². The van der Waals surface area contributed by atoms with Crippen LogP contribution in [0.1, 0.15) is 16.8 Å². The third kappa shape index (κ3) is 3.42. The fourth-order valence-electron chi connectivity index (χ4n) is 3.19. The number of carbonyl (C=O) groups excluding carboxylic acids is 1. The van der Waals surface area contributed by atoms with E-state index >= 15 is 0 Å². The Labute approximate surface area is 145 Å². The number of amides is 1. The van der Waals surface area contributed by atoms with Gasteiger partial charge in [-0.1, -0.05) is 11.6 Å². The SMILES string of the molecule is CS(=O)(=O)N1CCOC2(CCN(C(=O)c3ccc(F)cc3Cl)C2)C1. The summed E-state index contributed by atoms with van der Waals surface area (Å²) < 4.78 is 43.9. The maximum Gasteiger partial charge on any atom is 0.255 e. The monoisotopic (exact) mass is 376 g/mol. The Kier molecular flexibility index (Phi) is 4.59. The predicted molar refractivity (Wildman–Crippen MR) is 87.0 cm³/mol. The molecule has 1 unspecified atom stereocenters. The third-order valence-corrected chi connectivity index (χ3v) is 6.01. The van der Waals surface area contributed by atoms with Crippen LogP contribution in [0.3, 0.4) is 0 Å². The van der Waals surface area contributed by atoms with Crippen molar-refractivity contribution in [2.24, 2.45) is 0 Å². The van der Waals surface area contributed by atoms with Crippen molar-refractivity contribution in [2.45, 2.75) is 12.0 Å². The average molecular weight is 377 g/mol. The van der Waals surface area contributed by atoms with Crippen molar-refractivity contribution in [2.75, 3.05) is 39.0 Å². The Bertz CT molecular complexity index is 773. The number of hydrogen-bond donors (Lipinski definition) is 0. The first kappa shape index (κ1) is 17.6. The van der Waals surface area contributed by atoms with Crippen LogP contribution in [0, 0.1) is 5.82 Å². The molecule has 0 radical (unpaired) electrons. The summed E-state index contributed by atoms with van der Waals surface area (Å²) in [7, 11) is -3.30. The minimum absolute atomic E-state index is 0.0586. The van der Waals surface area contributed by atoms with Gasteiger partial charge in [0.25, 0.3) is 5.91 Å². The molecule has 2 saturated heterocycles. The summed E-state index contributed by atoms with van der Waals surface area (Å²) in [4.78, 5) is 14.2. The summed E-state index contributed by atoms with van der Waals surface area (Å²) in [6, 6.07) is 3.64. The molecule has 2 aliphatic rings. The lowest BCUT2D eigenvalue weighted by atomic mass is 10.0. The van der Waals surface area contributed by atoms with Gasteiger partial charge in [-0.3, -0.25) is 4.79 Å². The predicted octanol–water partition coefficient (Wildman–Crippen LogP) is 1.36. The highest BCUT2D eigenvalue weighted by molar-refractivity contribution is 7.88. The molecule has 9 heteroatoms. The van der Waals surface area contributed by atoms with E-state index in [1.807, 2.05) is 0 Å². The molecule has 2 aliphatic heterocycles.